The van der Waals surface area contributed by atoms with Crippen molar-refractivity contribution >= 4 is 17.3 Å². The van der Waals surface area contributed by atoms with Crippen LogP contribution in [-0.2, 0) is 0 Å². The molecule has 1 unspecified atom stereocenters. The molecule has 1 N–H and O–H groups in total. The van der Waals surface area contributed by atoms with Crippen LogP contribution in [0.15, 0.2) is 24.3 Å². The van der Waals surface area contributed by atoms with Gasteiger partial charge in [-0.15, -0.1) is 0 Å². The summed E-state index contributed by atoms with van der Waals surface area (Å²) in [6, 6.07) is 8.24. The first-order valence-corrected chi connectivity index (χ1v) is 7.62. The summed E-state index contributed by atoms with van der Waals surface area (Å²) in [6.07, 6.45) is 1.31. The minimum Gasteiger partial charge on any atom is -0.371 e. The van der Waals surface area contributed by atoms with Gasteiger partial charge in [0.2, 0.25) is 0 Å². The molecular weight excluding hydrogens is 258 g/mol. The molecule has 0 aliphatic carbocycles. The largest absolute Gasteiger partial charge is 0.371 e. The van der Waals surface area contributed by atoms with Gasteiger partial charge in [0.1, 0.15) is 0 Å². The fourth-order valence-corrected chi connectivity index (χ4v) is 3.25. The quantitative estimate of drug-likeness (QED) is 0.914. The molecule has 104 valence electrons. The number of nitrogens with one attached hydrogen (secondary N) is 1. The van der Waals surface area contributed by atoms with Crippen LogP contribution in [0.1, 0.15) is 6.42 Å². The van der Waals surface area contributed by atoms with E-state index < -0.39 is 0 Å². The monoisotopic (exact) mass is 279 g/mol. The fraction of sp³-hybridized carbons (Fsp3) is 0.600. The Morgan fingerprint density at radius 2 is 1.84 bits per heavy atom. The molecule has 0 saturated carbocycles. The molecule has 2 aliphatic rings. The SMILES string of the molecule is Clc1ccc(N2CCC(CN3CCNCC3)C2)cc1. The van der Waals surface area contributed by atoms with Gasteiger partial charge in [0.25, 0.3) is 0 Å². The predicted octanol–water partition coefficient (Wildman–Crippen LogP) is 2.07. The predicted molar refractivity (Wildman–Crippen MR) is 81.1 cm³/mol. The van der Waals surface area contributed by atoms with Crippen molar-refractivity contribution in [3.63, 3.8) is 0 Å². The van der Waals surface area contributed by atoms with Gasteiger partial charge in [-0.05, 0) is 36.6 Å². The third-order valence-corrected chi connectivity index (χ3v) is 4.46. The van der Waals surface area contributed by atoms with Gasteiger partial charge in [-0.3, -0.25) is 0 Å². The van der Waals surface area contributed by atoms with Gasteiger partial charge in [-0.1, -0.05) is 11.6 Å². The molecule has 2 saturated heterocycles. The van der Waals surface area contributed by atoms with E-state index in [1.165, 1.54) is 44.8 Å². The Bertz CT molecular complexity index is 400. The third-order valence-electron chi connectivity index (χ3n) is 4.20. The Balaban J connectivity index is 1.53. The number of hydrogen-bond acceptors (Lipinski definition) is 3. The molecule has 2 fully saturated rings. The lowest BCUT2D eigenvalue weighted by Gasteiger charge is -2.29. The minimum atomic E-state index is 0.814. The highest BCUT2D eigenvalue weighted by Crippen LogP contribution is 2.25. The normalized spacial score (nSPS) is 24.9. The van der Waals surface area contributed by atoms with Crippen LogP contribution < -0.4 is 10.2 Å². The van der Waals surface area contributed by atoms with Gasteiger partial charge in [-0.2, -0.15) is 0 Å². The first kappa shape index (κ1) is 13.2. The van der Waals surface area contributed by atoms with Crippen LogP contribution in [0.4, 0.5) is 5.69 Å². The smallest absolute Gasteiger partial charge is 0.0407 e. The van der Waals surface area contributed by atoms with E-state index in [4.69, 9.17) is 11.6 Å². The molecule has 0 bridgehead atoms. The Hall–Kier alpha value is -0.770. The molecule has 0 aromatic heterocycles. The zero-order valence-electron chi connectivity index (χ0n) is 11.3. The molecule has 0 radical (unpaired) electrons. The maximum atomic E-state index is 5.94. The first-order chi connectivity index (χ1) is 9.31. The van der Waals surface area contributed by atoms with Crippen molar-refractivity contribution in [1.29, 1.82) is 0 Å². The second-order valence-electron chi connectivity index (χ2n) is 5.63. The number of piperazine rings is 1. The first-order valence-electron chi connectivity index (χ1n) is 7.25. The van der Waals surface area contributed by atoms with Crippen LogP contribution in [0, 0.1) is 5.92 Å². The number of rotatable bonds is 3. The van der Waals surface area contributed by atoms with Crippen LogP contribution in [0.2, 0.25) is 5.02 Å². The van der Waals surface area contributed by atoms with Crippen LogP contribution in [0.5, 0.6) is 0 Å². The molecule has 4 heteroatoms. The molecule has 3 nitrogen and oxygen atoms in total. The van der Waals surface area contributed by atoms with E-state index >= 15 is 0 Å². The number of hydrogen-bond donors (Lipinski definition) is 1. The Labute approximate surface area is 120 Å². The standard InChI is InChI=1S/C15H22ClN3/c16-14-1-3-15(4-2-14)19-8-5-13(12-19)11-18-9-6-17-7-10-18/h1-4,13,17H,5-12H2. The summed E-state index contributed by atoms with van der Waals surface area (Å²) in [6.45, 7) is 8.33. The van der Waals surface area contributed by atoms with Crippen LogP contribution in [-0.4, -0.2) is 50.7 Å². The summed E-state index contributed by atoms with van der Waals surface area (Å²) < 4.78 is 0. The van der Waals surface area contributed by atoms with Crippen molar-refractivity contribution < 1.29 is 0 Å². The van der Waals surface area contributed by atoms with Crippen molar-refractivity contribution in [2.75, 3.05) is 50.7 Å². The number of halogens is 1. The molecule has 1 atom stereocenters. The van der Waals surface area contributed by atoms with Crippen LogP contribution in [0.3, 0.4) is 0 Å². The van der Waals surface area contributed by atoms with E-state index in [9.17, 15) is 0 Å². The lowest BCUT2D eigenvalue weighted by atomic mass is 10.1. The summed E-state index contributed by atoms with van der Waals surface area (Å²) in [5.74, 6) is 0.814. The maximum Gasteiger partial charge on any atom is 0.0407 e. The molecule has 2 heterocycles. The molecule has 3 rings (SSSR count). The fourth-order valence-electron chi connectivity index (χ4n) is 3.13. The van der Waals surface area contributed by atoms with Crippen molar-refractivity contribution in [1.82, 2.24) is 10.2 Å². The third kappa shape index (κ3) is 3.41. The lowest BCUT2D eigenvalue weighted by molar-refractivity contribution is 0.212. The highest BCUT2D eigenvalue weighted by Gasteiger charge is 2.25. The second kappa shape index (κ2) is 6.12. The van der Waals surface area contributed by atoms with Crippen molar-refractivity contribution in [2.45, 2.75) is 6.42 Å². The molecule has 2 aliphatic heterocycles. The van der Waals surface area contributed by atoms with E-state index in [0.717, 1.165) is 24.0 Å². The van der Waals surface area contributed by atoms with Gasteiger partial charge in [0.15, 0.2) is 0 Å². The minimum absolute atomic E-state index is 0.814. The summed E-state index contributed by atoms with van der Waals surface area (Å²) in [4.78, 5) is 5.09. The van der Waals surface area contributed by atoms with Gasteiger partial charge in [0.05, 0.1) is 0 Å². The van der Waals surface area contributed by atoms with E-state index in [1.807, 2.05) is 12.1 Å². The van der Waals surface area contributed by atoms with E-state index in [0.29, 0.717) is 0 Å². The summed E-state index contributed by atoms with van der Waals surface area (Å²) >= 11 is 5.94. The average molecular weight is 280 g/mol. The molecule has 1 aromatic carbocycles. The number of nitrogens with zero attached hydrogens (tertiary/aromatic N) is 2. The lowest BCUT2D eigenvalue weighted by Crippen LogP contribution is -2.45. The zero-order valence-corrected chi connectivity index (χ0v) is 12.1. The molecule has 0 spiro atoms. The number of benzene rings is 1. The van der Waals surface area contributed by atoms with Gasteiger partial charge in [0, 0.05) is 56.5 Å². The Kier molecular flexibility index (Phi) is 4.26. The van der Waals surface area contributed by atoms with E-state index in [-0.39, 0.29) is 0 Å². The van der Waals surface area contributed by atoms with Crippen LogP contribution >= 0.6 is 11.6 Å². The van der Waals surface area contributed by atoms with Crippen molar-refractivity contribution in [3.05, 3.63) is 29.3 Å². The Morgan fingerprint density at radius 3 is 2.58 bits per heavy atom. The highest BCUT2D eigenvalue weighted by atomic mass is 35.5. The molecule has 1 aromatic rings. The average Bonchev–Trinajstić information content (AvgIpc) is 2.89. The van der Waals surface area contributed by atoms with E-state index in [1.54, 1.807) is 0 Å². The Morgan fingerprint density at radius 1 is 1.11 bits per heavy atom. The van der Waals surface area contributed by atoms with Crippen LogP contribution in [0.25, 0.3) is 0 Å². The molecule has 19 heavy (non-hydrogen) atoms. The van der Waals surface area contributed by atoms with Gasteiger partial charge >= 0.3 is 0 Å². The summed E-state index contributed by atoms with van der Waals surface area (Å²) in [5, 5.41) is 4.23. The number of anilines is 1. The zero-order chi connectivity index (χ0) is 13.1. The van der Waals surface area contributed by atoms with Crippen molar-refractivity contribution in [2.24, 2.45) is 5.92 Å². The van der Waals surface area contributed by atoms with Gasteiger partial charge < -0.3 is 15.1 Å². The van der Waals surface area contributed by atoms with E-state index in [2.05, 4.69) is 27.2 Å². The highest BCUT2D eigenvalue weighted by molar-refractivity contribution is 6.30. The second-order valence-corrected chi connectivity index (χ2v) is 6.06. The molecule has 0 amide bonds. The topological polar surface area (TPSA) is 18.5 Å². The molecular formula is C15H22ClN3. The summed E-state index contributed by atoms with van der Waals surface area (Å²) in [5.41, 5.74) is 1.31. The van der Waals surface area contributed by atoms with Gasteiger partial charge in [-0.25, -0.2) is 0 Å². The summed E-state index contributed by atoms with van der Waals surface area (Å²) in [7, 11) is 0. The maximum absolute atomic E-state index is 5.94. The van der Waals surface area contributed by atoms with Crippen molar-refractivity contribution in [3.8, 4) is 0 Å².